The molecule has 0 spiro atoms. The van der Waals surface area contributed by atoms with Crippen molar-refractivity contribution in [1.82, 2.24) is 0 Å². The Morgan fingerprint density at radius 1 is 1.04 bits per heavy atom. The smallest absolute Gasteiger partial charge is 0.744 e. The second kappa shape index (κ2) is 8.63. The van der Waals surface area contributed by atoms with Gasteiger partial charge in [0.2, 0.25) is 0 Å². The Morgan fingerprint density at radius 2 is 1.65 bits per heavy atom. The van der Waals surface area contributed by atoms with Crippen molar-refractivity contribution in [3.05, 3.63) is 41.5 Å². The van der Waals surface area contributed by atoms with Gasteiger partial charge in [0.15, 0.2) is 0 Å². The van der Waals surface area contributed by atoms with Crippen molar-refractivity contribution in [3.63, 3.8) is 0 Å². The molecule has 0 N–H and O–H groups in total. The summed E-state index contributed by atoms with van der Waals surface area (Å²) in [5.41, 5.74) is 3.53. The molecule has 2 aliphatic rings. The zero-order valence-corrected chi connectivity index (χ0v) is 17.2. The van der Waals surface area contributed by atoms with Crippen LogP contribution in [0.3, 0.4) is 0 Å². The van der Waals surface area contributed by atoms with Gasteiger partial charge < -0.3 is 4.55 Å². The summed E-state index contributed by atoms with van der Waals surface area (Å²) in [6.07, 6.45) is 4.02. The van der Waals surface area contributed by atoms with Crippen LogP contribution in [-0.4, -0.2) is 13.0 Å². The summed E-state index contributed by atoms with van der Waals surface area (Å²) in [4.78, 5) is -0.0834. The average molecular weight is 342 g/mol. The van der Waals surface area contributed by atoms with Crippen molar-refractivity contribution >= 4 is 10.1 Å². The van der Waals surface area contributed by atoms with Crippen LogP contribution in [0.25, 0.3) is 11.1 Å². The van der Waals surface area contributed by atoms with E-state index >= 15 is 0 Å². The monoisotopic (exact) mass is 342 g/mol. The van der Waals surface area contributed by atoms with Crippen molar-refractivity contribution in [2.45, 2.75) is 57.3 Å². The molecule has 0 atom stereocenters. The number of rotatable bonds is 6. The number of fused-ring (bicyclic) bond motifs is 1. The number of hydrogen-bond acceptors (Lipinski definition) is 3. The van der Waals surface area contributed by atoms with Crippen LogP contribution in [-0.2, 0) is 16.5 Å². The third-order valence-electron chi connectivity index (χ3n) is 4.08. The van der Waals surface area contributed by atoms with Gasteiger partial charge in [-0.25, -0.2) is 8.42 Å². The molecule has 0 aromatic rings. The average Bonchev–Trinajstić information content (AvgIpc) is 2.64. The van der Waals surface area contributed by atoms with Crippen molar-refractivity contribution in [2.24, 2.45) is 0 Å². The summed E-state index contributed by atoms with van der Waals surface area (Å²) in [5, 5.41) is 0. The maximum atomic E-state index is 11.6. The molecular weight excluding hydrogens is 319 g/mol. The van der Waals surface area contributed by atoms with Gasteiger partial charge in [-0.15, -0.1) is 0 Å². The first-order valence-corrected chi connectivity index (χ1v) is 9.27. The van der Waals surface area contributed by atoms with Gasteiger partial charge in [-0.2, -0.15) is 0 Å². The van der Waals surface area contributed by atoms with Crippen LogP contribution >= 0.6 is 0 Å². The fraction of sp³-hybridized carbons (Fsp3) is 0.444. The molecule has 0 saturated heterocycles. The van der Waals surface area contributed by atoms with Crippen molar-refractivity contribution in [1.29, 1.82) is 0 Å². The minimum atomic E-state index is -4.45. The van der Waals surface area contributed by atoms with Gasteiger partial charge in [-0.05, 0) is 47.1 Å². The van der Waals surface area contributed by atoms with Gasteiger partial charge in [0.05, 0.1) is 4.90 Å². The van der Waals surface area contributed by atoms with E-state index in [0.717, 1.165) is 42.4 Å². The van der Waals surface area contributed by atoms with Crippen LogP contribution in [0.5, 0.6) is 0 Å². The first-order valence-electron chi connectivity index (χ1n) is 7.86. The minimum Gasteiger partial charge on any atom is -0.744 e. The van der Waals surface area contributed by atoms with Crippen molar-refractivity contribution in [2.75, 3.05) is 0 Å². The third-order valence-corrected chi connectivity index (χ3v) is 4.95. The normalized spacial score (nSPS) is 11.7. The third kappa shape index (κ3) is 5.04. The van der Waals surface area contributed by atoms with Gasteiger partial charge in [0.25, 0.3) is 0 Å². The summed E-state index contributed by atoms with van der Waals surface area (Å²) in [7, 11) is -4.45. The quantitative estimate of drug-likeness (QED) is 0.455. The number of unbranched alkanes of at least 4 members (excludes halogenated alkanes) is 2. The molecule has 5 heteroatoms. The minimum absolute atomic E-state index is 0. The van der Waals surface area contributed by atoms with Crippen molar-refractivity contribution < 1.29 is 42.5 Å². The molecule has 0 aromatic heterocycles. The molecule has 0 aromatic carbocycles. The first-order chi connectivity index (χ1) is 10.3. The van der Waals surface area contributed by atoms with Crippen LogP contribution in [0.2, 0.25) is 0 Å². The summed E-state index contributed by atoms with van der Waals surface area (Å²) < 4.78 is 34.7. The van der Waals surface area contributed by atoms with Crippen LogP contribution in [0.1, 0.15) is 57.1 Å². The molecule has 3 nitrogen and oxygen atoms in total. The molecule has 0 amide bonds. The maximum Gasteiger partial charge on any atom is 1.00 e. The van der Waals surface area contributed by atoms with Crippen LogP contribution in [0.4, 0.5) is 0 Å². The van der Waals surface area contributed by atoms with Gasteiger partial charge in [-0.1, -0.05) is 57.9 Å². The first kappa shape index (κ1) is 20.7. The van der Waals surface area contributed by atoms with E-state index in [1.54, 1.807) is 12.1 Å². The zero-order chi connectivity index (χ0) is 16.3. The molecule has 0 radical (unpaired) electrons. The molecule has 23 heavy (non-hydrogen) atoms. The van der Waals surface area contributed by atoms with E-state index in [9.17, 15) is 13.0 Å². The molecule has 0 aliphatic heterocycles. The van der Waals surface area contributed by atoms with Gasteiger partial charge in [0.1, 0.15) is 10.1 Å². The topological polar surface area (TPSA) is 57.2 Å². The Hall–Kier alpha value is -0.390. The van der Waals surface area contributed by atoms with Gasteiger partial charge in [0, 0.05) is 0 Å². The molecule has 0 bridgehead atoms. The van der Waals surface area contributed by atoms with E-state index in [2.05, 4.69) is 20.8 Å². The van der Waals surface area contributed by atoms with Crippen LogP contribution in [0, 0.1) is 0 Å². The Kier molecular flexibility index (Phi) is 7.75. The van der Waals surface area contributed by atoms with Gasteiger partial charge in [-0.3, -0.25) is 0 Å². The van der Waals surface area contributed by atoms with Gasteiger partial charge >= 0.3 is 29.6 Å². The van der Waals surface area contributed by atoms with E-state index in [4.69, 9.17) is 0 Å². The number of aryl methyl sites for hydroxylation is 1. The van der Waals surface area contributed by atoms with E-state index in [1.165, 1.54) is 0 Å². The molecule has 2 aliphatic carbocycles. The standard InChI is InChI=1S/C18H24O3S.Na/c1-4-5-6-7-15-12-18(22(19,20)21)17-11-9-14(13(2)3)8-10-16(15)17;/h8-13H,4-7H2,1-3H3,(H,19,20,21);/q;+1/p-1. The molecular formula is C18H23NaO3S. The summed E-state index contributed by atoms with van der Waals surface area (Å²) in [6.45, 7) is 6.31. The molecule has 0 fully saturated rings. The Labute approximate surface area is 161 Å². The summed E-state index contributed by atoms with van der Waals surface area (Å²) in [5.74, 6) is 0.354. The molecule has 0 saturated carbocycles. The molecule has 2 rings (SSSR count). The molecule has 120 valence electrons. The summed E-state index contributed by atoms with van der Waals surface area (Å²) in [6, 6.07) is 9.24. The molecule has 0 unspecified atom stereocenters. The van der Waals surface area contributed by atoms with E-state index in [-0.39, 0.29) is 34.5 Å². The maximum absolute atomic E-state index is 11.6. The summed E-state index contributed by atoms with van der Waals surface area (Å²) >= 11 is 0. The largest absolute Gasteiger partial charge is 1.00 e. The predicted octanol–water partition coefficient (Wildman–Crippen LogP) is 1.56. The zero-order valence-electron chi connectivity index (χ0n) is 14.4. The second-order valence-corrected chi connectivity index (χ2v) is 7.44. The SMILES string of the molecule is CCCCCc1cc(S(=O)(=O)[O-])c2ccc(C(C)C)ccc1-2.[Na+]. The van der Waals surface area contributed by atoms with Crippen LogP contribution in [0.15, 0.2) is 35.2 Å². The van der Waals surface area contributed by atoms with Crippen molar-refractivity contribution in [3.8, 4) is 11.1 Å². The van der Waals surface area contributed by atoms with E-state index in [0.29, 0.717) is 11.5 Å². The second-order valence-electron chi connectivity index (χ2n) is 6.09. The fourth-order valence-electron chi connectivity index (χ4n) is 2.77. The predicted molar refractivity (Wildman–Crippen MR) is 88.3 cm³/mol. The molecule has 0 heterocycles. The van der Waals surface area contributed by atoms with E-state index in [1.807, 2.05) is 18.2 Å². The fourth-order valence-corrected chi connectivity index (χ4v) is 3.50. The Bertz CT molecular complexity index is 723. The number of hydrogen-bond donors (Lipinski definition) is 0. The van der Waals surface area contributed by atoms with Crippen LogP contribution < -0.4 is 29.6 Å². The van der Waals surface area contributed by atoms with E-state index < -0.39 is 10.1 Å². The Balaban J connectivity index is 0.00000264. The Morgan fingerprint density at radius 3 is 2.17 bits per heavy atom.